The summed E-state index contributed by atoms with van der Waals surface area (Å²) in [6.45, 7) is 0.350. The van der Waals surface area contributed by atoms with Crippen LogP contribution in [0, 0.1) is 0 Å². The second-order valence-corrected chi connectivity index (χ2v) is 4.13. The zero-order valence-electron chi connectivity index (χ0n) is 11.1. The maximum atomic E-state index is 12.4. The number of hydroxylamine groups is 2. The van der Waals surface area contributed by atoms with Crippen molar-refractivity contribution in [1.29, 1.82) is 0 Å². The number of nitrogens with zero attached hydrogens (tertiary/aromatic N) is 1. The van der Waals surface area contributed by atoms with Crippen LogP contribution in [0.25, 0.3) is 0 Å². The van der Waals surface area contributed by atoms with Crippen molar-refractivity contribution >= 4 is 17.3 Å². The van der Waals surface area contributed by atoms with Crippen molar-refractivity contribution in [2.45, 2.75) is 12.6 Å². The normalized spacial score (nSPS) is 11.7. The second kappa shape index (κ2) is 6.58. The Kier molecular flexibility index (Phi) is 5.34. The molecule has 0 bridgehead atoms. The summed E-state index contributed by atoms with van der Waals surface area (Å²) in [6, 6.07) is 2.79. The number of amides is 1. The molecule has 0 atom stereocenters. The van der Waals surface area contributed by atoms with Gasteiger partial charge in [-0.3, -0.25) is 4.79 Å². The lowest BCUT2D eigenvalue weighted by atomic mass is 10.1. The number of nitrogens with two attached hydrogens (primary N) is 1. The molecule has 1 aromatic carbocycles. The predicted octanol–water partition coefficient (Wildman–Crippen LogP) is 2.11. The van der Waals surface area contributed by atoms with Gasteiger partial charge in [-0.2, -0.15) is 18.2 Å². The van der Waals surface area contributed by atoms with Crippen molar-refractivity contribution in [2.75, 3.05) is 31.8 Å². The third-order valence-electron chi connectivity index (χ3n) is 2.62. The van der Waals surface area contributed by atoms with Crippen LogP contribution in [0.5, 0.6) is 0 Å². The molecular formula is C12H16F3N3O2. The third-order valence-corrected chi connectivity index (χ3v) is 2.62. The fraction of sp³-hybridized carbons (Fsp3) is 0.417. The number of anilines is 2. The van der Waals surface area contributed by atoms with E-state index < -0.39 is 11.7 Å². The monoisotopic (exact) mass is 291 g/mol. The van der Waals surface area contributed by atoms with Crippen LogP contribution in [0.3, 0.4) is 0 Å². The topological polar surface area (TPSA) is 67.6 Å². The molecular weight excluding hydrogens is 275 g/mol. The molecule has 3 N–H and O–H groups in total. The highest BCUT2D eigenvalue weighted by atomic mass is 19.4. The first-order valence-electron chi connectivity index (χ1n) is 5.76. The molecule has 1 aromatic rings. The van der Waals surface area contributed by atoms with Crippen molar-refractivity contribution in [3.63, 3.8) is 0 Å². The van der Waals surface area contributed by atoms with E-state index in [2.05, 4.69) is 5.32 Å². The molecule has 20 heavy (non-hydrogen) atoms. The first-order chi connectivity index (χ1) is 9.24. The number of hydrogen-bond donors (Lipinski definition) is 2. The van der Waals surface area contributed by atoms with Gasteiger partial charge in [-0.15, -0.1) is 0 Å². The lowest BCUT2D eigenvalue weighted by Crippen LogP contribution is -2.23. The molecule has 0 radical (unpaired) electrons. The molecule has 112 valence electrons. The minimum absolute atomic E-state index is 0.130. The Bertz CT molecular complexity index is 478. The largest absolute Gasteiger partial charge is 0.416 e. The van der Waals surface area contributed by atoms with E-state index in [9.17, 15) is 18.0 Å². The molecule has 0 aliphatic rings. The third kappa shape index (κ3) is 4.71. The van der Waals surface area contributed by atoms with Crippen LogP contribution < -0.4 is 11.1 Å². The number of benzene rings is 1. The summed E-state index contributed by atoms with van der Waals surface area (Å²) in [5.74, 6) is -0.361. The van der Waals surface area contributed by atoms with Gasteiger partial charge in [0, 0.05) is 20.0 Å². The minimum atomic E-state index is -4.46. The molecule has 0 saturated heterocycles. The van der Waals surface area contributed by atoms with Crippen molar-refractivity contribution < 1.29 is 22.8 Å². The van der Waals surface area contributed by atoms with Gasteiger partial charge in [0.25, 0.3) is 0 Å². The van der Waals surface area contributed by atoms with Gasteiger partial charge in [0.15, 0.2) is 0 Å². The van der Waals surface area contributed by atoms with Crippen LogP contribution in [-0.2, 0) is 15.8 Å². The van der Waals surface area contributed by atoms with Gasteiger partial charge < -0.3 is 15.9 Å². The van der Waals surface area contributed by atoms with E-state index in [1.54, 1.807) is 7.05 Å². The summed E-state index contributed by atoms with van der Waals surface area (Å²) in [5.41, 5.74) is 4.67. The van der Waals surface area contributed by atoms with Gasteiger partial charge in [0.05, 0.1) is 24.0 Å². The highest BCUT2D eigenvalue weighted by Gasteiger charge is 2.30. The number of carbonyl (C=O) groups excluding carboxylic acids is 1. The fourth-order valence-corrected chi connectivity index (χ4v) is 1.42. The standard InChI is InChI=1S/C12H16F3N3O2/c1-18(20-2)6-5-11(19)17-10-4-3-8(7-9(10)16)12(13,14)15/h3-4,7H,5-6,16H2,1-2H3,(H,17,19). The number of halogens is 3. The average molecular weight is 291 g/mol. The first kappa shape index (κ1) is 16.3. The Hall–Kier alpha value is -1.80. The summed E-state index contributed by atoms with van der Waals surface area (Å²) in [7, 11) is 3.12. The lowest BCUT2D eigenvalue weighted by Gasteiger charge is -2.14. The molecule has 5 nitrogen and oxygen atoms in total. The zero-order valence-corrected chi connectivity index (χ0v) is 11.1. The highest BCUT2D eigenvalue weighted by molar-refractivity contribution is 5.93. The molecule has 8 heteroatoms. The highest BCUT2D eigenvalue weighted by Crippen LogP contribution is 2.32. The summed E-state index contributed by atoms with van der Waals surface area (Å²) in [6.07, 6.45) is -4.33. The van der Waals surface area contributed by atoms with E-state index in [1.165, 1.54) is 12.2 Å². The van der Waals surface area contributed by atoms with Gasteiger partial charge in [-0.05, 0) is 18.2 Å². The molecule has 0 fully saturated rings. The molecule has 0 spiro atoms. The zero-order chi connectivity index (χ0) is 15.3. The Morgan fingerprint density at radius 3 is 2.60 bits per heavy atom. The van der Waals surface area contributed by atoms with Crippen LogP contribution >= 0.6 is 0 Å². The lowest BCUT2D eigenvalue weighted by molar-refractivity contribution is -0.137. The maximum Gasteiger partial charge on any atom is 0.416 e. The van der Waals surface area contributed by atoms with E-state index >= 15 is 0 Å². The fourth-order valence-electron chi connectivity index (χ4n) is 1.42. The van der Waals surface area contributed by atoms with E-state index in [0.717, 1.165) is 18.2 Å². The van der Waals surface area contributed by atoms with Crippen molar-refractivity contribution in [3.8, 4) is 0 Å². The summed E-state index contributed by atoms with van der Waals surface area (Å²) >= 11 is 0. The van der Waals surface area contributed by atoms with E-state index in [4.69, 9.17) is 10.6 Å². The van der Waals surface area contributed by atoms with Gasteiger partial charge in [-0.1, -0.05) is 0 Å². The molecule has 0 heterocycles. The SMILES string of the molecule is CON(C)CCC(=O)Nc1ccc(C(F)(F)F)cc1N. The van der Waals surface area contributed by atoms with Gasteiger partial charge in [0.1, 0.15) is 0 Å². The van der Waals surface area contributed by atoms with Gasteiger partial charge in [0.2, 0.25) is 5.91 Å². The van der Waals surface area contributed by atoms with Crippen molar-refractivity contribution in [2.24, 2.45) is 0 Å². The van der Waals surface area contributed by atoms with E-state index in [1.807, 2.05) is 0 Å². The van der Waals surface area contributed by atoms with Crippen molar-refractivity contribution in [3.05, 3.63) is 23.8 Å². The van der Waals surface area contributed by atoms with Crippen LogP contribution in [0.15, 0.2) is 18.2 Å². The predicted molar refractivity (Wildman–Crippen MR) is 68.7 cm³/mol. The van der Waals surface area contributed by atoms with Crippen LogP contribution in [0.2, 0.25) is 0 Å². The average Bonchev–Trinajstić information content (AvgIpc) is 2.37. The second-order valence-electron chi connectivity index (χ2n) is 4.13. The van der Waals surface area contributed by atoms with E-state index in [0.29, 0.717) is 6.54 Å². The smallest absolute Gasteiger partial charge is 0.397 e. The van der Waals surface area contributed by atoms with Crippen LogP contribution in [0.1, 0.15) is 12.0 Å². The van der Waals surface area contributed by atoms with Crippen LogP contribution in [0.4, 0.5) is 24.5 Å². The number of hydrogen-bond acceptors (Lipinski definition) is 4. The van der Waals surface area contributed by atoms with Crippen molar-refractivity contribution in [1.82, 2.24) is 5.06 Å². The van der Waals surface area contributed by atoms with Gasteiger partial charge >= 0.3 is 6.18 Å². The maximum absolute atomic E-state index is 12.4. The Morgan fingerprint density at radius 1 is 1.45 bits per heavy atom. The molecule has 0 saturated carbocycles. The molecule has 0 aromatic heterocycles. The number of alkyl halides is 3. The number of nitrogens with one attached hydrogen (secondary N) is 1. The molecule has 0 unspecified atom stereocenters. The Balaban J connectivity index is 2.67. The number of nitrogen functional groups attached to an aromatic ring is 1. The summed E-state index contributed by atoms with van der Waals surface area (Å²) < 4.78 is 37.3. The molecule has 1 rings (SSSR count). The van der Waals surface area contributed by atoms with Gasteiger partial charge in [-0.25, -0.2) is 0 Å². The quantitative estimate of drug-likeness (QED) is 0.644. The van der Waals surface area contributed by atoms with E-state index in [-0.39, 0.29) is 23.7 Å². The first-order valence-corrected chi connectivity index (χ1v) is 5.76. The minimum Gasteiger partial charge on any atom is -0.397 e. The number of carbonyl (C=O) groups is 1. The summed E-state index contributed by atoms with van der Waals surface area (Å²) in [5, 5.41) is 3.91. The molecule has 0 aliphatic heterocycles. The molecule has 1 amide bonds. The number of rotatable bonds is 5. The Labute approximate surface area is 114 Å². The van der Waals surface area contributed by atoms with Crippen LogP contribution in [-0.4, -0.2) is 31.7 Å². The summed E-state index contributed by atoms with van der Waals surface area (Å²) in [4.78, 5) is 16.4. The Morgan fingerprint density at radius 2 is 2.10 bits per heavy atom. The molecule has 0 aliphatic carbocycles.